The summed E-state index contributed by atoms with van der Waals surface area (Å²) in [5.74, 6) is -0.333. The zero-order chi connectivity index (χ0) is 12.2. The van der Waals surface area contributed by atoms with Crippen LogP contribution in [0.4, 0.5) is 4.79 Å². The van der Waals surface area contributed by atoms with Gasteiger partial charge in [-0.15, -0.1) is 0 Å². The molecule has 0 saturated carbocycles. The Kier molecular flexibility index (Phi) is 4.26. The summed E-state index contributed by atoms with van der Waals surface area (Å²) in [4.78, 5) is 23.8. The molecule has 0 aromatic rings. The minimum atomic E-state index is -0.790. The molecule has 0 unspecified atom stereocenters. The summed E-state index contributed by atoms with van der Waals surface area (Å²) < 4.78 is 0. The third kappa shape index (κ3) is 3.79. The maximum absolute atomic E-state index is 11.3. The number of likely N-dealkylation sites (tertiary alicyclic amines) is 1. The van der Waals surface area contributed by atoms with Crippen LogP contribution in [0.3, 0.4) is 0 Å². The summed E-state index contributed by atoms with van der Waals surface area (Å²) in [5, 5.41) is 5.35. The van der Waals surface area contributed by atoms with Crippen molar-refractivity contribution >= 4 is 11.9 Å². The fourth-order valence-electron chi connectivity index (χ4n) is 1.83. The monoisotopic (exact) mass is 228 g/mol. The van der Waals surface area contributed by atoms with Crippen molar-refractivity contribution in [2.45, 2.75) is 25.3 Å². The molecule has 6 heteroatoms. The lowest BCUT2D eigenvalue weighted by Crippen LogP contribution is -2.52. The minimum Gasteiger partial charge on any atom is -0.351 e. The molecule has 0 radical (unpaired) electrons. The molecule has 6 nitrogen and oxygen atoms in total. The van der Waals surface area contributed by atoms with Crippen LogP contribution in [0.5, 0.6) is 0 Å². The van der Waals surface area contributed by atoms with E-state index in [-0.39, 0.29) is 18.0 Å². The lowest BCUT2D eigenvalue weighted by Gasteiger charge is -2.38. The summed E-state index contributed by atoms with van der Waals surface area (Å²) in [6.07, 6.45) is 1.99. The van der Waals surface area contributed by atoms with Crippen LogP contribution >= 0.6 is 0 Å². The first-order valence-electron chi connectivity index (χ1n) is 5.46. The van der Waals surface area contributed by atoms with E-state index in [0.29, 0.717) is 0 Å². The summed E-state index contributed by atoms with van der Waals surface area (Å²) >= 11 is 0. The molecule has 1 fully saturated rings. The van der Waals surface area contributed by atoms with Crippen molar-refractivity contribution in [2.75, 3.05) is 26.7 Å². The van der Waals surface area contributed by atoms with Gasteiger partial charge in [-0.2, -0.15) is 0 Å². The third-order valence-corrected chi connectivity index (χ3v) is 3.19. The van der Waals surface area contributed by atoms with Gasteiger partial charge in [0.05, 0.1) is 6.54 Å². The first-order chi connectivity index (χ1) is 7.45. The number of imide groups is 1. The van der Waals surface area contributed by atoms with Crippen molar-refractivity contribution in [3.63, 3.8) is 0 Å². The van der Waals surface area contributed by atoms with E-state index in [9.17, 15) is 9.59 Å². The quantitative estimate of drug-likeness (QED) is 0.593. The van der Waals surface area contributed by atoms with Crippen LogP contribution in [-0.2, 0) is 4.79 Å². The number of hydrogen-bond acceptors (Lipinski definition) is 4. The van der Waals surface area contributed by atoms with Gasteiger partial charge in [0.15, 0.2) is 0 Å². The second-order valence-electron chi connectivity index (χ2n) is 4.50. The number of hydrogen-bond donors (Lipinski definition) is 3. The van der Waals surface area contributed by atoms with Gasteiger partial charge < -0.3 is 11.1 Å². The lowest BCUT2D eigenvalue weighted by atomic mass is 9.90. The number of carbonyl (C=O) groups excluding carboxylic acids is 2. The summed E-state index contributed by atoms with van der Waals surface area (Å²) in [6.45, 7) is 4.11. The Bertz CT molecular complexity index is 272. The molecule has 1 heterocycles. The van der Waals surface area contributed by atoms with Gasteiger partial charge in [0.2, 0.25) is 5.91 Å². The molecule has 0 spiro atoms. The summed E-state index contributed by atoms with van der Waals surface area (Å²) in [7, 11) is 1.95. The number of piperidine rings is 1. The SMILES string of the molecule is CNC1(C)CCN(CC(=O)NC(N)=O)CC1. The standard InChI is InChI=1S/C10H20N4O2/c1-10(12-2)3-5-14(6-4-10)7-8(15)13-9(11)16/h12H,3-7H2,1-2H3,(H3,11,13,15,16). The van der Waals surface area contributed by atoms with Gasteiger partial charge in [-0.1, -0.05) is 0 Å². The Morgan fingerprint density at radius 1 is 1.38 bits per heavy atom. The molecule has 0 atom stereocenters. The second kappa shape index (κ2) is 5.27. The van der Waals surface area contributed by atoms with Crippen LogP contribution in [0.1, 0.15) is 19.8 Å². The number of nitrogens with two attached hydrogens (primary N) is 1. The van der Waals surface area contributed by atoms with Crippen molar-refractivity contribution in [2.24, 2.45) is 5.73 Å². The lowest BCUT2D eigenvalue weighted by molar-refractivity contribution is -0.121. The molecule has 1 saturated heterocycles. The number of amides is 3. The first kappa shape index (κ1) is 12.9. The van der Waals surface area contributed by atoms with Crippen LogP contribution in [0.25, 0.3) is 0 Å². The smallest absolute Gasteiger partial charge is 0.318 e. The van der Waals surface area contributed by atoms with Crippen molar-refractivity contribution in [3.8, 4) is 0 Å². The van der Waals surface area contributed by atoms with Crippen LogP contribution < -0.4 is 16.4 Å². The van der Waals surface area contributed by atoms with Crippen molar-refractivity contribution in [1.29, 1.82) is 0 Å². The molecule has 4 N–H and O–H groups in total. The highest BCUT2D eigenvalue weighted by Crippen LogP contribution is 2.20. The van der Waals surface area contributed by atoms with E-state index < -0.39 is 6.03 Å². The summed E-state index contributed by atoms with van der Waals surface area (Å²) in [5.41, 5.74) is 5.03. The van der Waals surface area contributed by atoms with Gasteiger partial charge in [-0.3, -0.25) is 15.0 Å². The van der Waals surface area contributed by atoms with Crippen molar-refractivity contribution < 1.29 is 9.59 Å². The molecular weight excluding hydrogens is 208 g/mol. The van der Waals surface area contributed by atoms with Gasteiger partial charge >= 0.3 is 6.03 Å². The first-order valence-corrected chi connectivity index (χ1v) is 5.46. The average molecular weight is 228 g/mol. The predicted octanol–water partition coefficient (Wildman–Crippen LogP) is -0.745. The highest BCUT2D eigenvalue weighted by atomic mass is 16.2. The Morgan fingerprint density at radius 3 is 2.38 bits per heavy atom. The van der Waals surface area contributed by atoms with Crippen LogP contribution in [0.15, 0.2) is 0 Å². The van der Waals surface area contributed by atoms with Gasteiger partial charge in [-0.05, 0) is 26.8 Å². The number of rotatable bonds is 3. The van der Waals surface area contributed by atoms with Gasteiger partial charge in [0, 0.05) is 18.6 Å². The second-order valence-corrected chi connectivity index (χ2v) is 4.50. The molecule has 0 bridgehead atoms. The molecule has 3 amide bonds. The molecule has 0 aromatic heterocycles. The molecule has 1 rings (SSSR count). The zero-order valence-electron chi connectivity index (χ0n) is 9.88. The van der Waals surface area contributed by atoms with E-state index in [4.69, 9.17) is 5.73 Å². The normalized spacial score (nSPS) is 20.4. The number of nitrogens with one attached hydrogen (secondary N) is 2. The van der Waals surface area contributed by atoms with E-state index >= 15 is 0 Å². The zero-order valence-corrected chi connectivity index (χ0v) is 9.88. The minimum absolute atomic E-state index is 0.163. The van der Waals surface area contributed by atoms with Crippen molar-refractivity contribution in [3.05, 3.63) is 0 Å². The molecule has 1 aliphatic rings. The maximum atomic E-state index is 11.3. The van der Waals surface area contributed by atoms with Crippen LogP contribution in [-0.4, -0.2) is 49.1 Å². The fourth-order valence-corrected chi connectivity index (χ4v) is 1.83. The third-order valence-electron chi connectivity index (χ3n) is 3.19. The van der Waals surface area contributed by atoms with Crippen LogP contribution in [0.2, 0.25) is 0 Å². The Morgan fingerprint density at radius 2 is 1.94 bits per heavy atom. The highest BCUT2D eigenvalue weighted by molar-refractivity contribution is 5.94. The number of urea groups is 1. The van der Waals surface area contributed by atoms with E-state index in [1.165, 1.54) is 0 Å². The Hall–Kier alpha value is -1.14. The Labute approximate surface area is 95.5 Å². The van der Waals surface area contributed by atoms with Crippen LogP contribution in [0, 0.1) is 0 Å². The van der Waals surface area contributed by atoms with Gasteiger partial charge in [-0.25, -0.2) is 4.79 Å². The topological polar surface area (TPSA) is 87.5 Å². The number of carbonyl (C=O) groups is 2. The molecule has 1 aliphatic heterocycles. The van der Waals surface area contributed by atoms with E-state index in [0.717, 1.165) is 25.9 Å². The predicted molar refractivity (Wildman–Crippen MR) is 60.9 cm³/mol. The highest BCUT2D eigenvalue weighted by Gasteiger charge is 2.28. The number of nitrogens with zero attached hydrogens (tertiary/aromatic N) is 1. The molecule has 0 aromatic carbocycles. The molecule has 0 aliphatic carbocycles. The fraction of sp³-hybridized carbons (Fsp3) is 0.800. The Balaban J connectivity index is 2.32. The van der Waals surface area contributed by atoms with E-state index in [1.54, 1.807) is 0 Å². The molecular formula is C10H20N4O2. The van der Waals surface area contributed by atoms with Crippen molar-refractivity contribution in [1.82, 2.24) is 15.5 Å². The average Bonchev–Trinajstić information content (AvgIpc) is 2.21. The largest absolute Gasteiger partial charge is 0.351 e. The van der Waals surface area contributed by atoms with Gasteiger partial charge in [0.1, 0.15) is 0 Å². The molecule has 16 heavy (non-hydrogen) atoms. The van der Waals surface area contributed by atoms with Gasteiger partial charge in [0.25, 0.3) is 0 Å². The number of primary amides is 1. The maximum Gasteiger partial charge on any atom is 0.318 e. The summed E-state index contributed by atoms with van der Waals surface area (Å²) in [6, 6.07) is -0.790. The molecule has 92 valence electrons. The van der Waals surface area contributed by atoms with E-state index in [2.05, 4.69) is 17.6 Å². The van der Waals surface area contributed by atoms with E-state index in [1.807, 2.05) is 11.9 Å².